The molecule has 0 aromatic heterocycles. The highest BCUT2D eigenvalue weighted by atomic mass is 35.5. The summed E-state index contributed by atoms with van der Waals surface area (Å²) < 4.78 is 0. The molecule has 21 heavy (non-hydrogen) atoms. The molecule has 0 unspecified atom stereocenters. The van der Waals surface area contributed by atoms with E-state index < -0.39 is 0 Å². The number of halogens is 1. The number of hydrogen-bond acceptors (Lipinski definition) is 3. The van der Waals surface area contributed by atoms with Gasteiger partial charge in [-0.05, 0) is 30.7 Å². The Balaban J connectivity index is 2.08. The van der Waals surface area contributed by atoms with Gasteiger partial charge in [0.2, 0.25) is 5.91 Å². The lowest BCUT2D eigenvalue weighted by Crippen LogP contribution is -2.06. The monoisotopic (exact) mass is 304 g/mol. The van der Waals surface area contributed by atoms with Gasteiger partial charge in [0.15, 0.2) is 0 Å². The summed E-state index contributed by atoms with van der Waals surface area (Å²) >= 11 is 6.11. The molecular formula is C16H17ClN2O2. The van der Waals surface area contributed by atoms with E-state index in [2.05, 4.69) is 10.6 Å². The van der Waals surface area contributed by atoms with Crippen LogP contribution >= 0.6 is 11.6 Å². The molecule has 0 spiro atoms. The van der Waals surface area contributed by atoms with E-state index in [-0.39, 0.29) is 5.91 Å². The van der Waals surface area contributed by atoms with E-state index in [0.29, 0.717) is 23.0 Å². The third kappa shape index (κ3) is 3.89. The normalized spacial score (nSPS) is 10.2. The van der Waals surface area contributed by atoms with Gasteiger partial charge in [0.05, 0.1) is 10.7 Å². The van der Waals surface area contributed by atoms with E-state index in [1.54, 1.807) is 12.1 Å². The van der Waals surface area contributed by atoms with Gasteiger partial charge in [-0.15, -0.1) is 0 Å². The van der Waals surface area contributed by atoms with Crippen molar-refractivity contribution < 1.29 is 9.90 Å². The highest BCUT2D eigenvalue weighted by Gasteiger charge is 2.06. The Kier molecular flexibility index (Phi) is 4.70. The van der Waals surface area contributed by atoms with Gasteiger partial charge >= 0.3 is 0 Å². The fourth-order valence-corrected chi connectivity index (χ4v) is 2.20. The molecule has 0 saturated heterocycles. The Bertz CT molecular complexity index is 671. The number of anilines is 2. The predicted molar refractivity (Wildman–Crippen MR) is 85.9 cm³/mol. The summed E-state index contributed by atoms with van der Waals surface area (Å²) in [4.78, 5) is 11.0. The molecule has 0 saturated carbocycles. The quantitative estimate of drug-likeness (QED) is 0.802. The summed E-state index contributed by atoms with van der Waals surface area (Å²) in [6.45, 7) is 3.78. The zero-order valence-corrected chi connectivity index (χ0v) is 12.7. The zero-order chi connectivity index (χ0) is 15.4. The van der Waals surface area contributed by atoms with E-state index in [9.17, 15) is 9.90 Å². The molecule has 0 bridgehead atoms. The molecule has 0 atom stereocenters. The standard InChI is InChI=1S/C16H17ClN2O2/c1-10-4-3-5-12(16(10)21)9-18-13-6-7-15(14(17)8-13)19-11(2)20/h3-8,18,21H,9H2,1-2H3,(H,19,20). The third-order valence-electron chi connectivity index (χ3n) is 3.08. The first kappa shape index (κ1) is 15.2. The van der Waals surface area contributed by atoms with E-state index in [1.807, 2.05) is 31.2 Å². The number of benzene rings is 2. The number of para-hydroxylation sites is 1. The molecule has 3 N–H and O–H groups in total. The fourth-order valence-electron chi connectivity index (χ4n) is 1.98. The highest BCUT2D eigenvalue weighted by molar-refractivity contribution is 6.34. The first-order valence-electron chi connectivity index (χ1n) is 6.56. The number of phenolic OH excluding ortho intramolecular Hbond substituents is 1. The first-order valence-corrected chi connectivity index (χ1v) is 6.93. The lowest BCUT2D eigenvalue weighted by molar-refractivity contribution is -0.114. The molecule has 110 valence electrons. The van der Waals surface area contributed by atoms with E-state index in [1.165, 1.54) is 6.92 Å². The van der Waals surface area contributed by atoms with Gasteiger partial charge in [-0.1, -0.05) is 29.8 Å². The minimum absolute atomic E-state index is 0.165. The van der Waals surface area contributed by atoms with Crippen molar-refractivity contribution in [1.29, 1.82) is 0 Å². The fraction of sp³-hybridized carbons (Fsp3) is 0.188. The van der Waals surface area contributed by atoms with Gasteiger partial charge in [0, 0.05) is 24.7 Å². The van der Waals surface area contributed by atoms with E-state index >= 15 is 0 Å². The maximum Gasteiger partial charge on any atom is 0.221 e. The number of carbonyl (C=O) groups excluding carboxylic acids is 1. The van der Waals surface area contributed by atoms with Crippen molar-refractivity contribution in [3.05, 3.63) is 52.5 Å². The molecule has 2 rings (SSSR count). The average Bonchev–Trinajstić information content (AvgIpc) is 2.43. The molecule has 0 aliphatic carbocycles. The molecular weight excluding hydrogens is 288 g/mol. The van der Waals surface area contributed by atoms with Crippen LogP contribution in [0.2, 0.25) is 5.02 Å². The van der Waals surface area contributed by atoms with Crippen LogP contribution in [-0.4, -0.2) is 11.0 Å². The number of carbonyl (C=O) groups is 1. The Morgan fingerprint density at radius 2 is 2.05 bits per heavy atom. The predicted octanol–water partition coefficient (Wildman–Crippen LogP) is 3.92. The first-order chi connectivity index (χ1) is 9.97. The van der Waals surface area contributed by atoms with Crippen LogP contribution in [0.1, 0.15) is 18.1 Å². The molecule has 0 heterocycles. The van der Waals surface area contributed by atoms with Crippen molar-refractivity contribution in [3.63, 3.8) is 0 Å². The molecule has 0 radical (unpaired) electrons. The van der Waals surface area contributed by atoms with Crippen LogP contribution in [0.4, 0.5) is 11.4 Å². The molecule has 2 aromatic carbocycles. The second-order valence-electron chi connectivity index (χ2n) is 4.81. The smallest absolute Gasteiger partial charge is 0.221 e. The zero-order valence-electron chi connectivity index (χ0n) is 11.9. The second-order valence-corrected chi connectivity index (χ2v) is 5.22. The summed E-state index contributed by atoms with van der Waals surface area (Å²) in [5, 5.41) is 16.3. The summed E-state index contributed by atoms with van der Waals surface area (Å²) in [6.07, 6.45) is 0. The van der Waals surface area contributed by atoms with Crippen LogP contribution < -0.4 is 10.6 Å². The topological polar surface area (TPSA) is 61.4 Å². The number of aryl methyl sites for hydroxylation is 1. The lowest BCUT2D eigenvalue weighted by Gasteiger charge is -2.11. The van der Waals surface area contributed by atoms with Crippen molar-refractivity contribution >= 4 is 28.9 Å². The van der Waals surface area contributed by atoms with Crippen LogP contribution in [0, 0.1) is 6.92 Å². The summed E-state index contributed by atoms with van der Waals surface area (Å²) in [5.74, 6) is 0.133. The van der Waals surface area contributed by atoms with Crippen LogP contribution in [0.5, 0.6) is 5.75 Å². The SMILES string of the molecule is CC(=O)Nc1ccc(NCc2cccc(C)c2O)cc1Cl. The Morgan fingerprint density at radius 1 is 1.29 bits per heavy atom. The maximum atomic E-state index is 11.0. The minimum atomic E-state index is -0.165. The molecule has 2 aromatic rings. The Hall–Kier alpha value is -2.20. The van der Waals surface area contributed by atoms with Crippen LogP contribution in [0.25, 0.3) is 0 Å². The maximum absolute atomic E-state index is 11.0. The number of aromatic hydroxyl groups is 1. The van der Waals surface area contributed by atoms with E-state index in [0.717, 1.165) is 16.8 Å². The van der Waals surface area contributed by atoms with Gasteiger partial charge in [-0.25, -0.2) is 0 Å². The number of amides is 1. The summed E-state index contributed by atoms with van der Waals surface area (Å²) in [5.41, 5.74) is 3.05. The third-order valence-corrected chi connectivity index (χ3v) is 3.40. The number of hydrogen-bond donors (Lipinski definition) is 3. The largest absolute Gasteiger partial charge is 0.507 e. The molecule has 0 aliphatic heterocycles. The Morgan fingerprint density at radius 3 is 2.71 bits per heavy atom. The van der Waals surface area contributed by atoms with E-state index in [4.69, 9.17) is 11.6 Å². The number of rotatable bonds is 4. The van der Waals surface area contributed by atoms with Gasteiger partial charge in [-0.3, -0.25) is 4.79 Å². The number of phenols is 1. The van der Waals surface area contributed by atoms with Crippen molar-refractivity contribution in [2.75, 3.05) is 10.6 Å². The molecule has 0 fully saturated rings. The molecule has 1 amide bonds. The molecule has 5 heteroatoms. The van der Waals surface area contributed by atoms with Crippen molar-refractivity contribution in [1.82, 2.24) is 0 Å². The number of nitrogens with one attached hydrogen (secondary N) is 2. The molecule has 4 nitrogen and oxygen atoms in total. The lowest BCUT2D eigenvalue weighted by atomic mass is 10.1. The summed E-state index contributed by atoms with van der Waals surface area (Å²) in [6, 6.07) is 10.9. The van der Waals surface area contributed by atoms with Crippen molar-refractivity contribution in [2.24, 2.45) is 0 Å². The minimum Gasteiger partial charge on any atom is -0.507 e. The van der Waals surface area contributed by atoms with Crippen molar-refractivity contribution in [3.8, 4) is 5.75 Å². The van der Waals surface area contributed by atoms with Gasteiger partial charge in [0.25, 0.3) is 0 Å². The van der Waals surface area contributed by atoms with Crippen LogP contribution in [-0.2, 0) is 11.3 Å². The van der Waals surface area contributed by atoms with Crippen LogP contribution in [0.3, 0.4) is 0 Å². The molecule has 0 aliphatic rings. The van der Waals surface area contributed by atoms with Gasteiger partial charge < -0.3 is 15.7 Å². The summed E-state index contributed by atoms with van der Waals surface area (Å²) in [7, 11) is 0. The van der Waals surface area contributed by atoms with Gasteiger partial charge in [0.1, 0.15) is 5.75 Å². The average molecular weight is 305 g/mol. The van der Waals surface area contributed by atoms with Crippen molar-refractivity contribution in [2.45, 2.75) is 20.4 Å². The second kappa shape index (κ2) is 6.50. The van der Waals surface area contributed by atoms with Crippen LogP contribution in [0.15, 0.2) is 36.4 Å². The Labute approximate surface area is 128 Å². The highest BCUT2D eigenvalue weighted by Crippen LogP contribution is 2.27. The van der Waals surface area contributed by atoms with Gasteiger partial charge in [-0.2, -0.15) is 0 Å².